The first-order chi connectivity index (χ1) is 10.2. The highest BCUT2D eigenvalue weighted by Gasteiger charge is 2.19. The zero-order valence-electron chi connectivity index (χ0n) is 12.8. The maximum atomic E-state index is 5.68. The SMILES string of the molecule is Cc1cccc(NC2CCN(Cc3cnc(N)s3)CC2)c1.Cl. The third-order valence-corrected chi connectivity index (χ3v) is 4.74. The summed E-state index contributed by atoms with van der Waals surface area (Å²) in [4.78, 5) is 7.87. The molecule has 1 aliphatic rings. The minimum absolute atomic E-state index is 0. The Morgan fingerprint density at radius 3 is 2.77 bits per heavy atom. The fourth-order valence-electron chi connectivity index (χ4n) is 2.82. The van der Waals surface area contributed by atoms with E-state index >= 15 is 0 Å². The molecule has 0 bridgehead atoms. The van der Waals surface area contributed by atoms with Crippen LogP contribution in [0.2, 0.25) is 0 Å². The van der Waals surface area contributed by atoms with Gasteiger partial charge in [-0.2, -0.15) is 0 Å². The zero-order chi connectivity index (χ0) is 14.7. The normalized spacial score (nSPS) is 16.2. The van der Waals surface area contributed by atoms with E-state index in [-0.39, 0.29) is 12.4 Å². The van der Waals surface area contributed by atoms with Crippen LogP contribution in [0.25, 0.3) is 0 Å². The molecule has 0 atom stereocenters. The molecule has 3 rings (SSSR count). The second-order valence-corrected chi connectivity index (χ2v) is 6.88. The van der Waals surface area contributed by atoms with Crippen LogP contribution in [0.4, 0.5) is 10.8 Å². The Morgan fingerprint density at radius 1 is 1.36 bits per heavy atom. The van der Waals surface area contributed by atoms with Gasteiger partial charge in [-0.25, -0.2) is 4.98 Å². The fraction of sp³-hybridized carbons (Fsp3) is 0.438. The predicted octanol–water partition coefficient (Wildman–Crippen LogP) is 3.53. The van der Waals surface area contributed by atoms with Crippen LogP contribution in [-0.2, 0) is 6.54 Å². The van der Waals surface area contributed by atoms with Crippen LogP contribution in [-0.4, -0.2) is 29.0 Å². The molecule has 1 aromatic carbocycles. The number of thiazole rings is 1. The van der Waals surface area contributed by atoms with Crippen LogP contribution < -0.4 is 11.1 Å². The van der Waals surface area contributed by atoms with Crippen molar-refractivity contribution in [2.45, 2.75) is 32.4 Å². The average molecular weight is 339 g/mol. The summed E-state index contributed by atoms with van der Waals surface area (Å²) in [7, 11) is 0. The summed E-state index contributed by atoms with van der Waals surface area (Å²) in [5.41, 5.74) is 8.23. The second kappa shape index (κ2) is 7.81. The standard InChI is InChI=1S/C16H22N4S.ClH/c1-12-3-2-4-14(9-12)19-13-5-7-20(8-6-13)11-15-10-18-16(17)21-15;/h2-4,9-10,13,19H,5-8,11H2,1H3,(H2,17,18);1H. The van der Waals surface area contributed by atoms with Crippen molar-refractivity contribution in [3.63, 3.8) is 0 Å². The van der Waals surface area contributed by atoms with E-state index in [1.54, 1.807) is 11.3 Å². The van der Waals surface area contributed by atoms with E-state index in [0.29, 0.717) is 11.2 Å². The number of likely N-dealkylation sites (tertiary alicyclic amines) is 1. The summed E-state index contributed by atoms with van der Waals surface area (Å²) in [6, 6.07) is 9.19. The molecule has 120 valence electrons. The highest BCUT2D eigenvalue weighted by atomic mass is 35.5. The van der Waals surface area contributed by atoms with Gasteiger partial charge in [0.15, 0.2) is 5.13 Å². The first-order valence-corrected chi connectivity index (χ1v) is 8.26. The summed E-state index contributed by atoms with van der Waals surface area (Å²) < 4.78 is 0. The van der Waals surface area contributed by atoms with Gasteiger partial charge < -0.3 is 11.1 Å². The van der Waals surface area contributed by atoms with Gasteiger partial charge in [0, 0.05) is 42.4 Å². The van der Waals surface area contributed by atoms with Gasteiger partial charge in [0.1, 0.15) is 0 Å². The molecule has 2 aromatic rings. The number of aromatic nitrogens is 1. The van der Waals surface area contributed by atoms with Crippen molar-refractivity contribution in [2.75, 3.05) is 24.1 Å². The number of nitrogen functional groups attached to an aromatic ring is 1. The van der Waals surface area contributed by atoms with E-state index in [4.69, 9.17) is 5.73 Å². The van der Waals surface area contributed by atoms with Crippen LogP contribution in [0, 0.1) is 6.92 Å². The van der Waals surface area contributed by atoms with Crippen molar-refractivity contribution in [2.24, 2.45) is 0 Å². The molecule has 1 aliphatic heterocycles. The lowest BCUT2D eigenvalue weighted by molar-refractivity contribution is 0.213. The first kappa shape index (κ1) is 17.1. The van der Waals surface area contributed by atoms with Crippen molar-refractivity contribution in [3.05, 3.63) is 40.9 Å². The van der Waals surface area contributed by atoms with E-state index < -0.39 is 0 Å². The van der Waals surface area contributed by atoms with Gasteiger partial charge in [-0.15, -0.1) is 23.7 Å². The molecule has 0 radical (unpaired) electrons. The highest BCUT2D eigenvalue weighted by molar-refractivity contribution is 7.15. The second-order valence-electron chi connectivity index (χ2n) is 5.73. The Morgan fingerprint density at radius 2 is 2.14 bits per heavy atom. The first-order valence-electron chi connectivity index (χ1n) is 7.45. The van der Waals surface area contributed by atoms with E-state index in [1.807, 2.05) is 6.20 Å². The molecule has 1 saturated heterocycles. The van der Waals surface area contributed by atoms with Crippen molar-refractivity contribution in [3.8, 4) is 0 Å². The molecule has 0 spiro atoms. The average Bonchev–Trinajstić information content (AvgIpc) is 2.86. The Labute approximate surface area is 142 Å². The molecule has 2 heterocycles. The maximum Gasteiger partial charge on any atom is 0.180 e. The van der Waals surface area contributed by atoms with Gasteiger partial charge in [0.25, 0.3) is 0 Å². The smallest absolute Gasteiger partial charge is 0.180 e. The molecule has 0 saturated carbocycles. The van der Waals surface area contributed by atoms with E-state index in [1.165, 1.54) is 29.0 Å². The molecule has 0 unspecified atom stereocenters. The van der Waals surface area contributed by atoms with Gasteiger partial charge >= 0.3 is 0 Å². The van der Waals surface area contributed by atoms with Crippen LogP contribution in [0.15, 0.2) is 30.5 Å². The van der Waals surface area contributed by atoms with Crippen molar-refractivity contribution >= 4 is 34.6 Å². The maximum absolute atomic E-state index is 5.68. The van der Waals surface area contributed by atoms with Gasteiger partial charge in [0.2, 0.25) is 0 Å². The predicted molar refractivity (Wildman–Crippen MR) is 96.9 cm³/mol. The number of hydrogen-bond acceptors (Lipinski definition) is 5. The summed E-state index contributed by atoms with van der Waals surface area (Å²) >= 11 is 1.60. The Hall–Kier alpha value is -1.30. The number of piperidine rings is 1. The summed E-state index contributed by atoms with van der Waals surface area (Å²) in [5.74, 6) is 0. The Balaban J connectivity index is 0.00000176. The van der Waals surface area contributed by atoms with Crippen LogP contribution in [0.1, 0.15) is 23.3 Å². The minimum Gasteiger partial charge on any atom is -0.382 e. The number of nitrogens with two attached hydrogens (primary N) is 1. The van der Waals surface area contributed by atoms with Crippen molar-refractivity contribution in [1.82, 2.24) is 9.88 Å². The molecular formula is C16H23ClN4S. The quantitative estimate of drug-likeness (QED) is 0.895. The Kier molecular flexibility index (Phi) is 6.06. The van der Waals surface area contributed by atoms with Crippen LogP contribution >= 0.6 is 23.7 Å². The molecule has 1 fully saturated rings. The van der Waals surface area contributed by atoms with Crippen LogP contribution in [0.3, 0.4) is 0 Å². The number of nitrogens with zero attached hydrogens (tertiary/aromatic N) is 2. The number of nitrogens with one attached hydrogen (secondary N) is 1. The fourth-order valence-corrected chi connectivity index (χ4v) is 3.55. The topological polar surface area (TPSA) is 54.2 Å². The molecule has 0 amide bonds. The lowest BCUT2D eigenvalue weighted by Gasteiger charge is -2.32. The number of rotatable bonds is 4. The Bertz CT molecular complexity index is 593. The van der Waals surface area contributed by atoms with Crippen molar-refractivity contribution < 1.29 is 0 Å². The van der Waals surface area contributed by atoms with Gasteiger partial charge in [-0.1, -0.05) is 12.1 Å². The number of halogens is 1. The molecule has 1 aromatic heterocycles. The summed E-state index contributed by atoms with van der Waals surface area (Å²) in [6.45, 7) is 5.36. The third-order valence-electron chi connectivity index (χ3n) is 3.93. The van der Waals surface area contributed by atoms with Gasteiger partial charge in [-0.05, 0) is 37.5 Å². The zero-order valence-corrected chi connectivity index (χ0v) is 14.4. The summed E-state index contributed by atoms with van der Waals surface area (Å²) in [6.07, 6.45) is 4.27. The van der Waals surface area contributed by atoms with E-state index in [9.17, 15) is 0 Å². The minimum atomic E-state index is 0. The lowest BCUT2D eigenvalue weighted by atomic mass is 10.0. The van der Waals surface area contributed by atoms with Gasteiger partial charge in [0.05, 0.1) is 0 Å². The monoisotopic (exact) mass is 338 g/mol. The van der Waals surface area contributed by atoms with Crippen LogP contribution in [0.5, 0.6) is 0 Å². The van der Waals surface area contributed by atoms with Gasteiger partial charge in [-0.3, -0.25) is 4.90 Å². The number of anilines is 2. The molecule has 22 heavy (non-hydrogen) atoms. The van der Waals surface area contributed by atoms with E-state index in [2.05, 4.69) is 46.4 Å². The third kappa shape index (κ3) is 4.60. The number of aryl methyl sites for hydroxylation is 1. The highest BCUT2D eigenvalue weighted by Crippen LogP contribution is 2.21. The van der Waals surface area contributed by atoms with Crippen molar-refractivity contribution in [1.29, 1.82) is 0 Å². The molecular weight excluding hydrogens is 316 g/mol. The summed E-state index contributed by atoms with van der Waals surface area (Å²) in [5, 5.41) is 4.32. The molecule has 0 aliphatic carbocycles. The number of benzene rings is 1. The molecule has 6 heteroatoms. The molecule has 4 nitrogen and oxygen atoms in total. The molecule has 3 N–H and O–H groups in total. The largest absolute Gasteiger partial charge is 0.382 e. The van der Waals surface area contributed by atoms with E-state index in [0.717, 1.165) is 19.6 Å². The lowest BCUT2D eigenvalue weighted by Crippen LogP contribution is -2.38. The number of hydrogen-bond donors (Lipinski definition) is 2.